The highest BCUT2D eigenvalue weighted by atomic mass is 32.1. The second-order valence-electron chi connectivity index (χ2n) is 5.86. The van der Waals surface area contributed by atoms with Crippen molar-refractivity contribution >= 4 is 16.3 Å². The molecule has 0 saturated carbocycles. The Kier molecular flexibility index (Phi) is 4.94. The van der Waals surface area contributed by atoms with Gasteiger partial charge in [0.2, 0.25) is 4.96 Å². The molecule has 8 heteroatoms. The third-order valence-corrected chi connectivity index (χ3v) is 5.04. The molecule has 0 saturated heterocycles. The van der Waals surface area contributed by atoms with Crippen molar-refractivity contribution in [3.05, 3.63) is 70.6 Å². The number of ether oxygens (including phenoxy) is 3. The summed E-state index contributed by atoms with van der Waals surface area (Å²) in [6.45, 7) is 0.155. The zero-order valence-corrected chi connectivity index (χ0v) is 16.1. The lowest BCUT2D eigenvalue weighted by molar-refractivity contribution is 0.280. The molecule has 2 aromatic heterocycles. The number of benzene rings is 2. The van der Waals surface area contributed by atoms with E-state index >= 15 is 0 Å². The Balaban J connectivity index is 1.61. The fourth-order valence-electron chi connectivity index (χ4n) is 2.67. The molecule has 0 bridgehead atoms. The predicted octanol–water partition coefficient (Wildman–Crippen LogP) is 3.41. The maximum absolute atomic E-state index is 12.4. The minimum absolute atomic E-state index is 0.155. The molecule has 0 aliphatic heterocycles. The second kappa shape index (κ2) is 7.69. The first-order chi connectivity index (χ1) is 13.7. The van der Waals surface area contributed by atoms with Gasteiger partial charge in [0.25, 0.3) is 5.56 Å². The van der Waals surface area contributed by atoms with Crippen LogP contribution in [0, 0.1) is 0 Å². The molecule has 0 aliphatic rings. The average Bonchev–Trinajstić information content (AvgIpc) is 3.17. The molecular formula is C20H17N3O4S. The number of nitrogens with zero attached hydrogens (tertiary/aromatic N) is 3. The molecule has 7 nitrogen and oxygen atoms in total. The van der Waals surface area contributed by atoms with E-state index in [0.717, 1.165) is 11.3 Å². The first-order valence-electron chi connectivity index (χ1n) is 8.48. The van der Waals surface area contributed by atoms with Gasteiger partial charge in [-0.3, -0.25) is 4.79 Å². The SMILES string of the molecule is COc1ccc(-c2nn3c(=O)cc(COc4ccccc4OC)nc3s2)cc1. The first kappa shape index (κ1) is 18.0. The molecule has 0 amide bonds. The molecule has 0 spiro atoms. The predicted molar refractivity (Wildman–Crippen MR) is 106 cm³/mol. The van der Waals surface area contributed by atoms with Gasteiger partial charge in [0.1, 0.15) is 17.4 Å². The molecule has 0 unspecified atom stereocenters. The number of hydrogen-bond acceptors (Lipinski definition) is 7. The first-order valence-corrected chi connectivity index (χ1v) is 9.29. The van der Waals surface area contributed by atoms with Gasteiger partial charge < -0.3 is 14.2 Å². The Morgan fingerprint density at radius 3 is 2.46 bits per heavy atom. The quantitative estimate of drug-likeness (QED) is 0.498. The Morgan fingerprint density at radius 2 is 1.75 bits per heavy atom. The Labute approximate surface area is 164 Å². The van der Waals surface area contributed by atoms with Gasteiger partial charge in [0.05, 0.1) is 19.9 Å². The fourth-order valence-corrected chi connectivity index (χ4v) is 3.60. The van der Waals surface area contributed by atoms with Crippen LogP contribution < -0.4 is 19.8 Å². The molecule has 0 fully saturated rings. The van der Waals surface area contributed by atoms with Crippen LogP contribution in [0.15, 0.2) is 59.4 Å². The van der Waals surface area contributed by atoms with Crippen molar-refractivity contribution in [2.24, 2.45) is 0 Å². The Bertz CT molecular complexity index is 1170. The smallest absolute Gasteiger partial charge is 0.275 e. The van der Waals surface area contributed by atoms with Gasteiger partial charge in [-0.25, -0.2) is 4.98 Å². The van der Waals surface area contributed by atoms with Crippen molar-refractivity contribution < 1.29 is 14.2 Å². The Hall–Kier alpha value is -3.39. The molecule has 142 valence electrons. The van der Waals surface area contributed by atoms with Crippen LogP contribution >= 0.6 is 11.3 Å². The summed E-state index contributed by atoms with van der Waals surface area (Å²) in [7, 11) is 3.20. The number of aromatic nitrogens is 3. The highest BCUT2D eigenvalue weighted by Crippen LogP contribution is 2.28. The molecule has 0 radical (unpaired) electrons. The number of para-hydroxylation sites is 2. The lowest BCUT2D eigenvalue weighted by atomic mass is 10.2. The second-order valence-corrected chi connectivity index (χ2v) is 6.81. The van der Waals surface area contributed by atoms with E-state index in [2.05, 4.69) is 10.1 Å². The average molecular weight is 395 g/mol. The van der Waals surface area contributed by atoms with Crippen molar-refractivity contribution in [2.75, 3.05) is 14.2 Å². The summed E-state index contributed by atoms with van der Waals surface area (Å²) in [6, 6.07) is 16.3. The number of fused-ring (bicyclic) bond motifs is 1. The molecule has 0 N–H and O–H groups in total. The van der Waals surface area contributed by atoms with E-state index in [1.807, 2.05) is 42.5 Å². The summed E-state index contributed by atoms with van der Waals surface area (Å²) in [5, 5.41) is 5.09. The highest BCUT2D eigenvalue weighted by Gasteiger charge is 2.12. The zero-order chi connectivity index (χ0) is 19.5. The molecule has 4 aromatic rings. The zero-order valence-electron chi connectivity index (χ0n) is 15.3. The minimum atomic E-state index is -0.250. The highest BCUT2D eigenvalue weighted by molar-refractivity contribution is 7.19. The van der Waals surface area contributed by atoms with Crippen LogP contribution in [0.3, 0.4) is 0 Å². The molecule has 28 heavy (non-hydrogen) atoms. The van der Waals surface area contributed by atoms with Gasteiger partial charge in [-0.2, -0.15) is 9.61 Å². The van der Waals surface area contributed by atoms with Gasteiger partial charge in [0, 0.05) is 11.6 Å². The van der Waals surface area contributed by atoms with Crippen LogP contribution in [0.4, 0.5) is 0 Å². The monoisotopic (exact) mass is 395 g/mol. The van der Waals surface area contributed by atoms with Gasteiger partial charge in [-0.15, -0.1) is 0 Å². The van der Waals surface area contributed by atoms with Gasteiger partial charge in [-0.05, 0) is 36.4 Å². The molecule has 0 atom stereocenters. The summed E-state index contributed by atoms with van der Waals surface area (Å²) in [6.07, 6.45) is 0. The van der Waals surface area contributed by atoms with Crippen LogP contribution in [-0.2, 0) is 6.61 Å². The normalized spacial score (nSPS) is 10.8. The topological polar surface area (TPSA) is 75.0 Å². The van der Waals surface area contributed by atoms with E-state index in [-0.39, 0.29) is 12.2 Å². The number of hydrogen-bond donors (Lipinski definition) is 0. The fraction of sp³-hybridized carbons (Fsp3) is 0.150. The third-order valence-electron chi connectivity index (χ3n) is 4.08. The van der Waals surface area contributed by atoms with Crippen molar-refractivity contribution in [3.8, 4) is 27.8 Å². The van der Waals surface area contributed by atoms with Gasteiger partial charge >= 0.3 is 0 Å². The van der Waals surface area contributed by atoms with E-state index in [0.29, 0.717) is 27.2 Å². The van der Waals surface area contributed by atoms with Crippen molar-refractivity contribution in [1.29, 1.82) is 0 Å². The van der Waals surface area contributed by atoms with Crippen molar-refractivity contribution in [1.82, 2.24) is 14.6 Å². The van der Waals surface area contributed by atoms with E-state index in [1.165, 1.54) is 21.9 Å². The number of rotatable bonds is 6. The van der Waals surface area contributed by atoms with Crippen LogP contribution in [0.1, 0.15) is 5.69 Å². The van der Waals surface area contributed by atoms with Crippen molar-refractivity contribution in [2.45, 2.75) is 6.61 Å². The van der Waals surface area contributed by atoms with Crippen LogP contribution in [0.25, 0.3) is 15.5 Å². The van der Waals surface area contributed by atoms with Crippen molar-refractivity contribution in [3.63, 3.8) is 0 Å². The standard InChI is InChI=1S/C20H17N3O4S/c1-25-15-9-7-13(8-10-15)19-22-23-18(24)11-14(21-20(23)28-19)12-27-17-6-4-3-5-16(17)26-2/h3-11H,12H2,1-2H3. The minimum Gasteiger partial charge on any atom is -0.497 e. The molecule has 0 aliphatic carbocycles. The summed E-state index contributed by atoms with van der Waals surface area (Å²) in [4.78, 5) is 17.5. The summed E-state index contributed by atoms with van der Waals surface area (Å²) < 4.78 is 17.5. The molecule has 2 heterocycles. The van der Waals surface area contributed by atoms with E-state index in [4.69, 9.17) is 14.2 Å². The van der Waals surface area contributed by atoms with E-state index < -0.39 is 0 Å². The lowest BCUT2D eigenvalue weighted by Gasteiger charge is -2.09. The maximum Gasteiger partial charge on any atom is 0.275 e. The van der Waals surface area contributed by atoms with E-state index in [9.17, 15) is 4.79 Å². The third kappa shape index (κ3) is 3.54. The summed E-state index contributed by atoms with van der Waals surface area (Å²) in [5.41, 5.74) is 1.17. The van der Waals surface area contributed by atoms with Gasteiger partial charge in [0.15, 0.2) is 11.5 Å². The van der Waals surface area contributed by atoms with Crippen LogP contribution in [-0.4, -0.2) is 28.8 Å². The van der Waals surface area contributed by atoms with E-state index in [1.54, 1.807) is 20.3 Å². The Morgan fingerprint density at radius 1 is 1.00 bits per heavy atom. The number of methoxy groups -OCH3 is 2. The van der Waals surface area contributed by atoms with Crippen LogP contribution in [0.5, 0.6) is 17.2 Å². The maximum atomic E-state index is 12.4. The molecule has 4 rings (SSSR count). The molecule has 2 aromatic carbocycles. The molecular weight excluding hydrogens is 378 g/mol. The largest absolute Gasteiger partial charge is 0.497 e. The van der Waals surface area contributed by atoms with Gasteiger partial charge in [-0.1, -0.05) is 23.5 Å². The van der Waals surface area contributed by atoms with Crippen LogP contribution in [0.2, 0.25) is 0 Å². The summed E-state index contributed by atoms with van der Waals surface area (Å²) in [5.74, 6) is 1.98. The lowest BCUT2D eigenvalue weighted by Crippen LogP contribution is -2.16. The summed E-state index contributed by atoms with van der Waals surface area (Å²) >= 11 is 1.34.